The van der Waals surface area contributed by atoms with Crippen molar-refractivity contribution in [1.29, 1.82) is 0 Å². The molecule has 0 aromatic carbocycles. The van der Waals surface area contributed by atoms with Gasteiger partial charge in [-0.15, -0.1) is 0 Å². The van der Waals surface area contributed by atoms with Gasteiger partial charge in [-0.3, -0.25) is 9.78 Å². The van der Waals surface area contributed by atoms with Crippen molar-refractivity contribution in [3.05, 3.63) is 30.6 Å². The van der Waals surface area contributed by atoms with Gasteiger partial charge in [0.25, 0.3) is 0 Å². The summed E-state index contributed by atoms with van der Waals surface area (Å²) in [6.45, 7) is 0.938. The van der Waals surface area contributed by atoms with E-state index in [-0.39, 0.29) is 11.9 Å². The van der Waals surface area contributed by atoms with E-state index in [2.05, 4.69) is 10.3 Å². The van der Waals surface area contributed by atoms with E-state index >= 15 is 0 Å². The van der Waals surface area contributed by atoms with Crippen molar-refractivity contribution >= 4 is 5.91 Å². The second-order valence-electron chi connectivity index (χ2n) is 3.43. The fraction of sp³-hybridized carbons (Fsp3) is 0.455. The van der Waals surface area contributed by atoms with Crippen LogP contribution in [-0.2, 0) is 4.79 Å². The first-order valence-corrected chi connectivity index (χ1v) is 5.18. The molecule has 0 aliphatic carbocycles. The number of hydrogen-bond donors (Lipinski definition) is 2. The monoisotopic (exact) mass is 207 g/mol. The number of pyridine rings is 1. The lowest BCUT2D eigenvalue weighted by molar-refractivity contribution is -0.120. The molecule has 1 fully saturated rings. The van der Waals surface area contributed by atoms with Crippen molar-refractivity contribution in [3.8, 4) is 0 Å². The maximum absolute atomic E-state index is 10.5. The maximum Gasteiger partial charge on any atom is 0.234 e. The van der Waals surface area contributed by atoms with Crippen LogP contribution >= 0.6 is 0 Å². The van der Waals surface area contributed by atoms with Gasteiger partial charge in [-0.1, -0.05) is 12.5 Å². The molecule has 1 aromatic rings. The first-order chi connectivity index (χ1) is 7.30. The van der Waals surface area contributed by atoms with Crippen LogP contribution in [-0.4, -0.2) is 23.5 Å². The predicted molar refractivity (Wildman–Crippen MR) is 59.1 cm³/mol. The molecule has 1 unspecified atom stereocenters. The molecule has 1 amide bonds. The van der Waals surface area contributed by atoms with Crippen LogP contribution in [0.25, 0.3) is 0 Å². The third-order valence-electron chi connectivity index (χ3n) is 2.22. The topological polar surface area (TPSA) is 68.0 Å². The molecule has 0 radical (unpaired) electrons. The van der Waals surface area contributed by atoms with Crippen LogP contribution < -0.4 is 11.1 Å². The number of nitrogens with two attached hydrogens (primary N) is 1. The molecular formula is C11H17N3O. The lowest BCUT2D eigenvalue weighted by atomic mass is 10.1. The number of nitrogens with zero attached hydrogens (tertiary/aromatic N) is 1. The van der Waals surface area contributed by atoms with Gasteiger partial charge in [0, 0.05) is 12.4 Å². The van der Waals surface area contributed by atoms with E-state index in [1.807, 2.05) is 18.2 Å². The summed E-state index contributed by atoms with van der Waals surface area (Å²) in [5.41, 5.74) is 5.07. The van der Waals surface area contributed by atoms with Gasteiger partial charge in [-0.25, -0.2) is 0 Å². The van der Waals surface area contributed by atoms with E-state index in [0.29, 0.717) is 0 Å². The zero-order valence-corrected chi connectivity index (χ0v) is 8.73. The lowest BCUT2D eigenvalue weighted by Crippen LogP contribution is -2.44. The number of piperidine rings is 1. The van der Waals surface area contributed by atoms with Crippen LogP contribution in [0.2, 0.25) is 0 Å². The van der Waals surface area contributed by atoms with Crippen LogP contribution in [0.1, 0.15) is 19.3 Å². The number of hydrogen-bond acceptors (Lipinski definition) is 3. The van der Waals surface area contributed by atoms with E-state index in [0.717, 1.165) is 19.4 Å². The molecule has 0 bridgehead atoms. The normalized spacial score (nSPS) is 19.9. The van der Waals surface area contributed by atoms with Crippen molar-refractivity contribution in [1.82, 2.24) is 10.3 Å². The van der Waals surface area contributed by atoms with E-state index in [1.54, 1.807) is 12.4 Å². The second kappa shape index (κ2) is 6.95. The van der Waals surface area contributed by atoms with Gasteiger partial charge in [0.05, 0.1) is 6.04 Å². The highest BCUT2D eigenvalue weighted by molar-refractivity contribution is 5.79. The van der Waals surface area contributed by atoms with Crippen molar-refractivity contribution in [2.24, 2.45) is 5.73 Å². The molecule has 0 saturated carbocycles. The zero-order valence-electron chi connectivity index (χ0n) is 8.73. The Morgan fingerprint density at radius 1 is 1.27 bits per heavy atom. The molecule has 1 aromatic heterocycles. The molecule has 2 rings (SSSR count). The summed E-state index contributed by atoms with van der Waals surface area (Å²) in [7, 11) is 0. The molecule has 4 heteroatoms. The summed E-state index contributed by atoms with van der Waals surface area (Å²) in [6, 6.07) is 5.66. The fourth-order valence-electron chi connectivity index (χ4n) is 1.41. The van der Waals surface area contributed by atoms with Crippen LogP contribution in [0, 0.1) is 0 Å². The standard InChI is InChI=1S/C6H12N2O.C5H5N/c7-6(9)5-3-1-2-4-8-5;1-2-4-6-5-3-1/h5,8H,1-4H2,(H2,7,9);1-5H. The Hall–Kier alpha value is -1.42. The highest BCUT2D eigenvalue weighted by atomic mass is 16.1. The number of aromatic nitrogens is 1. The summed E-state index contributed by atoms with van der Waals surface area (Å²) in [5.74, 6) is -0.213. The number of carbonyl (C=O) groups excluding carboxylic acids is 1. The largest absolute Gasteiger partial charge is 0.368 e. The molecule has 15 heavy (non-hydrogen) atoms. The molecule has 0 spiro atoms. The van der Waals surface area contributed by atoms with Gasteiger partial charge in [-0.2, -0.15) is 0 Å². The minimum absolute atomic E-state index is 0.0567. The van der Waals surface area contributed by atoms with Gasteiger partial charge >= 0.3 is 0 Å². The molecule has 82 valence electrons. The molecule has 1 aliphatic heterocycles. The van der Waals surface area contributed by atoms with Crippen LogP contribution in [0.5, 0.6) is 0 Å². The molecule has 2 heterocycles. The first-order valence-electron chi connectivity index (χ1n) is 5.18. The zero-order chi connectivity index (χ0) is 10.9. The quantitative estimate of drug-likeness (QED) is 0.712. The minimum atomic E-state index is -0.213. The van der Waals surface area contributed by atoms with Crippen LogP contribution in [0.4, 0.5) is 0 Å². The number of rotatable bonds is 1. The Balaban J connectivity index is 0.000000162. The highest BCUT2D eigenvalue weighted by Gasteiger charge is 2.16. The molecule has 3 N–H and O–H groups in total. The predicted octanol–water partition coefficient (Wildman–Crippen LogP) is 0.695. The van der Waals surface area contributed by atoms with Gasteiger partial charge in [0.1, 0.15) is 0 Å². The van der Waals surface area contributed by atoms with Crippen molar-refractivity contribution in [2.75, 3.05) is 6.54 Å². The van der Waals surface area contributed by atoms with Crippen LogP contribution in [0.15, 0.2) is 30.6 Å². The molecular weight excluding hydrogens is 190 g/mol. The highest BCUT2D eigenvalue weighted by Crippen LogP contribution is 2.05. The van der Waals surface area contributed by atoms with Crippen LogP contribution in [0.3, 0.4) is 0 Å². The van der Waals surface area contributed by atoms with Crippen molar-refractivity contribution < 1.29 is 4.79 Å². The molecule has 1 atom stereocenters. The van der Waals surface area contributed by atoms with E-state index in [4.69, 9.17) is 5.73 Å². The number of carbonyl (C=O) groups is 1. The smallest absolute Gasteiger partial charge is 0.234 e. The fourth-order valence-corrected chi connectivity index (χ4v) is 1.41. The van der Waals surface area contributed by atoms with Gasteiger partial charge in [0.2, 0.25) is 5.91 Å². The van der Waals surface area contributed by atoms with E-state index < -0.39 is 0 Å². The Morgan fingerprint density at radius 2 is 2.00 bits per heavy atom. The Labute approximate surface area is 89.9 Å². The SMILES string of the molecule is NC(=O)C1CCCCN1.c1ccncc1. The van der Waals surface area contributed by atoms with E-state index in [1.165, 1.54) is 6.42 Å². The second-order valence-corrected chi connectivity index (χ2v) is 3.43. The number of amides is 1. The van der Waals surface area contributed by atoms with Crippen molar-refractivity contribution in [3.63, 3.8) is 0 Å². The Kier molecular flexibility index (Phi) is 5.40. The number of primary amides is 1. The third kappa shape index (κ3) is 5.12. The van der Waals surface area contributed by atoms with Gasteiger partial charge < -0.3 is 11.1 Å². The maximum atomic E-state index is 10.5. The summed E-state index contributed by atoms with van der Waals surface area (Å²) in [5, 5.41) is 3.04. The average Bonchev–Trinajstić information content (AvgIpc) is 2.33. The summed E-state index contributed by atoms with van der Waals surface area (Å²) in [4.78, 5) is 14.3. The summed E-state index contributed by atoms with van der Waals surface area (Å²) >= 11 is 0. The Bertz CT molecular complexity index is 244. The number of nitrogens with one attached hydrogen (secondary N) is 1. The first kappa shape index (κ1) is 11.7. The molecule has 1 aliphatic rings. The van der Waals surface area contributed by atoms with Gasteiger partial charge in [-0.05, 0) is 31.5 Å². The average molecular weight is 207 g/mol. The van der Waals surface area contributed by atoms with Gasteiger partial charge in [0.15, 0.2) is 0 Å². The minimum Gasteiger partial charge on any atom is -0.368 e. The summed E-state index contributed by atoms with van der Waals surface area (Å²) in [6.07, 6.45) is 6.71. The van der Waals surface area contributed by atoms with Crippen molar-refractivity contribution in [2.45, 2.75) is 25.3 Å². The molecule has 1 saturated heterocycles. The molecule has 4 nitrogen and oxygen atoms in total. The Morgan fingerprint density at radius 3 is 2.27 bits per heavy atom. The summed E-state index contributed by atoms with van der Waals surface area (Å²) < 4.78 is 0. The third-order valence-corrected chi connectivity index (χ3v) is 2.22. The lowest BCUT2D eigenvalue weighted by Gasteiger charge is -2.19. The van der Waals surface area contributed by atoms with E-state index in [9.17, 15) is 4.79 Å².